The Hall–Kier alpha value is -3.93. The van der Waals surface area contributed by atoms with Crippen LogP contribution in [0.15, 0.2) is 24.3 Å². The molecule has 3 amide bonds. The van der Waals surface area contributed by atoms with Gasteiger partial charge in [-0.1, -0.05) is 12.1 Å². The molecule has 2 aliphatic rings. The number of nitrogens with two attached hydrogens (primary N) is 2. The van der Waals surface area contributed by atoms with Crippen LogP contribution in [-0.4, -0.2) is 99.7 Å². The van der Waals surface area contributed by atoms with Gasteiger partial charge in [-0.3, -0.25) is 24.6 Å². The lowest BCUT2D eigenvalue weighted by atomic mass is 10.0. The number of hydrogen-bond donors (Lipinski definition) is 3. The van der Waals surface area contributed by atoms with Gasteiger partial charge in [-0.05, 0) is 76.8 Å². The van der Waals surface area contributed by atoms with E-state index in [0.29, 0.717) is 38.0 Å². The van der Waals surface area contributed by atoms with Crippen LogP contribution < -0.4 is 11.5 Å². The van der Waals surface area contributed by atoms with Crippen molar-refractivity contribution in [2.45, 2.75) is 90.4 Å². The Morgan fingerprint density at radius 1 is 1.11 bits per heavy atom. The number of ether oxygens (including phenoxy) is 1. The predicted molar refractivity (Wildman–Crippen MR) is 168 cm³/mol. The highest BCUT2D eigenvalue weighted by atomic mass is 16.5. The van der Waals surface area contributed by atoms with Gasteiger partial charge in [0.05, 0.1) is 19.6 Å². The number of fused-ring (bicyclic) bond motifs is 1. The molecule has 0 saturated carbocycles. The molecule has 3 atom stereocenters. The zero-order valence-electron chi connectivity index (χ0n) is 26.2. The van der Waals surface area contributed by atoms with Crippen molar-refractivity contribution in [1.82, 2.24) is 19.3 Å². The van der Waals surface area contributed by atoms with Gasteiger partial charge in [-0.2, -0.15) is 0 Å². The molecule has 44 heavy (non-hydrogen) atoms. The zero-order valence-corrected chi connectivity index (χ0v) is 26.2. The van der Waals surface area contributed by atoms with E-state index in [4.69, 9.17) is 21.6 Å². The second-order valence-electron chi connectivity index (χ2n) is 11.6. The van der Waals surface area contributed by atoms with E-state index >= 15 is 0 Å². The molecule has 5 N–H and O–H groups in total. The Kier molecular flexibility index (Phi) is 11.0. The Morgan fingerprint density at radius 2 is 1.86 bits per heavy atom. The SMILES string of the molecule is CCOC(=O)[C@@H](N)CC(=O)N(CC)[C@H]1CCCN(CC(=O)N2CCC[C@H]2CCc2cc3ccc(C(=N)N)cc3n2CC)C1=O. The fourth-order valence-electron chi connectivity index (χ4n) is 6.67. The normalized spacial score (nSPS) is 19.3. The fourth-order valence-corrected chi connectivity index (χ4v) is 6.67. The molecule has 240 valence electrons. The molecule has 0 unspecified atom stereocenters. The molecule has 2 aromatic rings. The molecule has 0 aliphatic carbocycles. The van der Waals surface area contributed by atoms with Gasteiger partial charge in [-0.15, -0.1) is 0 Å². The van der Waals surface area contributed by atoms with Crippen LogP contribution in [0.4, 0.5) is 0 Å². The van der Waals surface area contributed by atoms with E-state index in [9.17, 15) is 19.2 Å². The summed E-state index contributed by atoms with van der Waals surface area (Å²) < 4.78 is 7.16. The molecule has 2 aliphatic heterocycles. The van der Waals surface area contributed by atoms with Gasteiger partial charge < -0.3 is 35.5 Å². The number of aryl methyl sites for hydroxylation is 2. The van der Waals surface area contributed by atoms with Crippen LogP contribution in [-0.2, 0) is 36.9 Å². The summed E-state index contributed by atoms with van der Waals surface area (Å²) in [4.78, 5) is 57.0. The molecular weight excluding hydrogens is 562 g/mol. The van der Waals surface area contributed by atoms with Crippen LogP contribution in [0.2, 0.25) is 0 Å². The topological polar surface area (TPSA) is 168 Å². The highest BCUT2D eigenvalue weighted by Crippen LogP contribution is 2.27. The van der Waals surface area contributed by atoms with Crippen molar-refractivity contribution in [3.8, 4) is 0 Å². The first-order chi connectivity index (χ1) is 21.1. The molecule has 0 spiro atoms. The van der Waals surface area contributed by atoms with Gasteiger partial charge in [0.25, 0.3) is 0 Å². The van der Waals surface area contributed by atoms with Gasteiger partial charge in [0.15, 0.2) is 0 Å². The number of likely N-dealkylation sites (N-methyl/N-ethyl adjacent to an activating group) is 1. The van der Waals surface area contributed by atoms with Gasteiger partial charge in [0.1, 0.15) is 17.9 Å². The van der Waals surface area contributed by atoms with Crippen molar-refractivity contribution in [2.75, 3.05) is 32.8 Å². The van der Waals surface area contributed by atoms with E-state index in [2.05, 4.69) is 17.6 Å². The number of likely N-dealkylation sites (tertiary alicyclic amines) is 2. The average molecular weight is 610 g/mol. The summed E-state index contributed by atoms with van der Waals surface area (Å²) in [6.45, 7) is 7.94. The summed E-state index contributed by atoms with van der Waals surface area (Å²) in [5.74, 6) is -1.28. The highest BCUT2D eigenvalue weighted by molar-refractivity contribution is 5.99. The molecular formula is C32H47N7O5. The molecule has 2 saturated heterocycles. The van der Waals surface area contributed by atoms with E-state index in [1.807, 2.05) is 23.1 Å². The van der Waals surface area contributed by atoms with Crippen LogP contribution in [0.1, 0.15) is 70.6 Å². The quantitative estimate of drug-likeness (QED) is 0.177. The third kappa shape index (κ3) is 7.23. The minimum atomic E-state index is -1.09. The summed E-state index contributed by atoms with van der Waals surface area (Å²) in [5, 5.41) is 8.89. The minimum absolute atomic E-state index is 0.0109. The Labute approximate surface area is 259 Å². The molecule has 4 rings (SSSR count). The van der Waals surface area contributed by atoms with Gasteiger partial charge in [0, 0.05) is 49.0 Å². The third-order valence-electron chi connectivity index (χ3n) is 8.90. The maximum Gasteiger partial charge on any atom is 0.323 e. The van der Waals surface area contributed by atoms with Gasteiger partial charge >= 0.3 is 5.97 Å². The van der Waals surface area contributed by atoms with E-state index in [0.717, 1.165) is 43.1 Å². The van der Waals surface area contributed by atoms with Crippen LogP contribution >= 0.6 is 0 Å². The second kappa shape index (κ2) is 14.7. The van der Waals surface area contributed by atoms with E-state index < -0.39 is 18.1 Å². The zero-order chi connectivity index (χ0) is 32.0. The van der Waals surface area contributed by atoms with E-state index in [-0.39, 0.29) is 49.2 Å². The van der Waals surface area contributed by atoms with Crippen LogP contribution in [0.25, 0.3) is 10.9 Å². The van der Waals surface area contributed by atoms with Crippen molar-refractivity contribution in [2.24, 2.45) is 11.5 Å². The lowest BCUT2D eigenvalue weighted by Gasteiger charge is -2.39. The van der Waals surface area contributed by atoms with Crippen LogP contribution in [0.3, 0.4) is 0 Å². The van der Waals surface area contributed by atoms with Crippen LogP contribution in [0.5, 0.6) is 0 Å². The summed E-state index contributed by atoms with van der Waals surface area (Å²) in [6, 6.07) is 6.32. The number of rotatable bonds is 13. The van der Waals surface area contributed by atoms with Crippen molar-refractivity contribution < 1.29 is 23.9 Å². The first-order valence-electron chi connectivity index (χ1n) is 15.9. The average Bonchev–Trinajstić information content (AvgIpc) is 3.61. The van der Waals surface area contributed by atoms with Crippen molar-refractivity contribution in [1.29, 1.82) is 5.41 Å². The number of piperidine rings is 1. The lowest BCUT2D eigenvalue weighted by Crippen LogP contribution is -2.57. The maximum absolute atomic E-state index is 13.6. The number of nitrogens with one attached hydrogen (secondary N) is 1. The summed E-state index contributed by atoms with van der Waals surface area (Å²) in [7, 11) is 0. The molecule has 12 nitrogen and oxygen atoms in total. The number of carbonyl (C=O) groups excluding carboxylic acids is 4. The molecule has 2 fully saturated rings. The number of hydrogen-bond acceptors (Lipinski definition) is 7. The number of nitrogens with zero attached hydrogens (tertiary/aromatic N) is 4. The Morgan fingerprint density at radius 3 is 2.55 bits per heavy atom. The van der Waals surface area contributed by atoms with E-state index in [1.54, 1.807) is 18.7 Å². The number of benzene rings is 1. The monoisotopic (exact) mass is 609 g/mol. The Balaban J connectivity index is 1.38. The summed E-state index contributed by atoms with van der Waals surface area (Å²) >= 11 is 0. The molecule has 0 bridgehead atoms. The molecule has 1 aromatic heterocycles. The van der Waals surface area contributed by atoms with Crippen molar-refractivity contribution in [3.63, 3.8) is 0 Å². The van der Waals surface area contributed by atoms with Gasteiger partial charge in [-0.25, -0.2) is 0 Å². The number of esters is 1. The fraction of sp³-hybridized carbons (Fsp3) is 0.594. The smallest absolute Gasteiger partial charge is 0.323 e. The number of amides is 3. The first kappa shape index (κ1) is 33.0. The summed E-state index contributed by atoms with van der Waals surface area (Å²) in [5.41, 5.74) is 14.5. The molecule has 3 heterocycles. The van der Waals surface area contributed by atoms with E-state index in [1.165, 1.54) is 10.6 Å². The maximum atomic E-state index is 13.6. The summed E-state index contributed by atoms with van der Waals surface area (Å²) in [6.07, 6.45) is 4.40. The predicted octanol–water partition coefficient (Wildman–Crippen LogP) is 1.99. The van der Waals surface area contributed by atoms with Crippen molar-refractivity contribution in [3.05, 3.63) is 35.5 Å². The first-order valence-corrected chi connectivity index (χ1v) is 15.9. The molecule has 1 aromatic carbocycles. The number of carbonyl (C=O) groups is 4. The molecule has 12 heteroatoms. The van der Waals surface area contributed by atoms with Crippen molar-refractivity contribution >= 4 is 40.4 Å². The highest BCUT2D eigenvalue weighted by Gasteiger charge is 2.38. The Bertz CT molecular complexity index is 1390. The molecule has 0 radical (unpaired) electrons. The second-order valence-corrected chi connectivity index (χ2v) is 11.6. The largest absolute Gasteiger partial charge is 0.465 e. The lowest BCUT2D eigenvalue weighted by molar-refractivity contribution is -0.153. The van der Waals surface area contributed by atoms with Gasteiger partial charge in [0.2, 0.25) is 17.7 Å². The minimum Gasteiger partial charge on any atom is -0.465 e. The number of aromatic nitrogens is 1. The standard InChI is InChI=1S/C32H47N7O5/c1-4-37-24(17-21-11-12-22(30(34)35)18-27(21)37)14-13-23-9-7-16-39(23)29(41)20-36-15-8-10-26(31(36)42)38(5-2)28(40)19-25(33)32(43)44-6-3/h11-12,17-18,23,25-26H,4-10,13-16,19-20,33H2,1-3H3,(H3,34,35)/t23-,25-,26-/m0/s1. The number of amidine groups is 1. The number of nitrogen functional groups attached to an aromatic ring is 1. The third-order valence-corrected chi connectivity index (χ3v) is 8.90. The van der Waals surface area contributed by atoms with Crippen LogP contribution in [0, 0.1) is 5.41 Å².